The molecule has 4 aromatic rings. The number of nitrogens with zero attached hydrogens (tertiary/aromatic N) is 5. The summed E-state index contributed by atoms with van der Waals surface area (Å²) in [6.07, 6.45) is 12.7. The highest BCUT2D eigenvalue weighted by Crippen LogP contribution is 2.50. The summed E-state index contributed by atoms with van der Waals surface area (Å²) in [5.41, 5.74) is 0.954. The Balaban J connectivity index is 1.15. The molecule has 1 aliphatic carbocycles. The second kappa shape index (κ2) is 10.9. The Morgan fingerprint density at radius 2 is 1.91 bits per heavy atom. The van der Waals surface area contributed by atoms with Crippen LogP contribution in [0.15, 0.2) is 36.5 Å². The Kier molecular flexibility index (Phi) is 6.86. The zero-order valence-electron chi connectivity index (χ0n) is 25.3. The van der Waals surface area contributed by atoms with Gasteiger partial charge < -0.3 is 20.1 Å². The summed E-state index contributed by atoms with van der Waals surface area (Å²) in [5, 5.41) is 16.6. The molecule has 10 heteroatoms. The summed E-state index contributed by atoms with van der Waals surface area (Å²) in [4.78, 5) is 19.5. The number of nitrogens with one attached hydrogen (secondary N) is 1. The van der Waals surface area contributed by atoms with Gasteiger partial charge in [-0.1, -0.05) is 25.0 Å². The number of anilines is 1. The minimum absolute atomic E-state index is 0.0193. The number of piperazine rings is 1. The molecule has 5 aliphatic rings. The SMILES string of the molecule is Oc1cc(-c2ncc3c(N4CC5CCC(C4)N5)nc(OCC45CCCN4C4CCCCC4C5)nc3c2F)c2c(I)cccc2c1. The third-order valence-electron chi connectivity index (χ3n) is 11.4. The van der Waals surface area contributed by atoms with E-state index in [2.05, 4.69) is 42.7 Å². The molecule has 2 aromatic carbocycles. The quantitative estimate of drug-likeness (QED) is 0.229. The maximum atomic E-state index is 16.9. The van der Waals surface area contributed by atoms with Crippen molar-refractivity contribution in [2.45, 2.75) is 81.5 Å². The molecule has 8 nitrogen and oxygen atoms in total. The van der Waals surface area contributed by atoms with Crippen LogP contribution in [0.2, 0.25) is 0 Å². The smallest absolute Gasteiger partial charge is 0.319 e. The predicted molar refractivity (Wildman–Crippen MR) is 181 cm³/mol. The van der Waals surface area contributed by atoms with Gasteiger partial charge in [0.25, 0.3) is 0 Å². The van der Waals surface area contributed by atoms with E-state index in [-0.39, 0.29) is 28.5 Å². The zero-order valence-corrected chi connectivity index (χ0v) is 27.5. The van der Waals surface area contributed by atoms with Crippen molar-refractivity contribution in [2.24, 2.45) is 5.92 Å². The van der Waals surface area contributed by atoms with Crippen LogP contribution >= 0.6 is 22.6 Å². The maximum absolute atomic E-state index is 16.9. The van der Waals surface area contributed by atoms with Gasteiger partial charge in [-0.25, -0.2) is 4.39 Å². The van der Waals surface area contributed by atoms with Crippen molar-refractivity contribution in [1.29, 1.82) is 0 Å². The molecular formula is C35H38FIN6O2. The first-order valence-electron chi connectivity index (χ1n) is 16.6. The van der Waals surface area contributed by atoms with Gasteiger partial charge in [-0.2, -0.15) is 9.97 Å². The number of aromatic hydroxyl groups is 1. The fraction of sp³-hybridized carbons (Fsp3) is 0.514. The molecule has 9 rings (SSSR count). The molecule has 6 heterocycles. The Bertz CT molecular complexity index is 1810. The molecule has 45 heavy (non-hydrogen) atoms. The van der Waals surface area contributed by atoms with E-state index in [1.165, 1.54) is 38.5 Å². The highest BCUT2D eigenvalue weighted by atomic mass is 127. The number of pyridine rings is 1. The number of halogens is 2. The molecule has 5 fully saturated rings. The van der Waals surface area contributed by atoms with Gasteiger partial charge in [0.1, 0.15) is 29.4 Å². The molecular weight excluding hydrogens is 682 g/mol. The van der Waals surface area contributed by atoms with Crippen molar-refractivity contribution in [1.82, 2.24) is 25.2 Å². The third-order valence-corrected chi connectivity index (χ3v) is 12.3. The average Bonchev–Trinajstić information content (AvgIpc) is 3.70. The average molecular weight is 721 g/mol. The van der Waals surface area contributed by atoms with Gasteiger partial charge in [-0.3, -0.25) is 9.88 Å². The molecule has 2 N–H and O–H groups in total. The lowest BCUT2D eigenvalue weighted by Gasteiger charge is -2.36. The van der Waals surface area contributed by atoms with E-state index >= 15 is 4.39 Å². The number of fused-ring (bicyclic) bond motifs is 7. The van der Waals surface area contributed by atoms with Crippen LogP contribution in [0.4, 0.5) is 10.2 Å². The predicted octanol–water partition coefficient (Wildman–Crippen LogP) is 6.41. The number of hydrogen-bond donors (Lipinski definition) is 2. The summed E-state index contributed by atoms with van der Waals surface area (Å²) in [6, 6.07) is 10.8. The van der Waals surface area contributed by atoms with E-state index in [1.807, 2.05) is 18.2 Å². The molecule has 0 radical (unpaired) electrons. The minimum Gasteiger partial charge on any atom is -0.508 e. The van der Waals surface area contributed by atoms with Crippen LogP contribution in [0, 0.1) is 15.3 Å². The largest absolute Gasteiger partial charge is 0.508 e. The van der Waals surface area contributed by atoms with Gasteiger partial charge in [0.05, 0.1) is 10.9 Å². The summed E-state index contributed by atoms with van der Waals surface area (Å²) in [5.74, 6) is 1.00. The van der Waals surface area contributed by atoms with E-state index in [0.29, 0.717) is 41.5 Å². The second-order valence-electron chi connectivity index (χ2n) is 14.0. The first-order valence-corrected chi connectivity index (χ1v) is 17.7. The first kappa shape index (κ1) is 28.4. The van der Waals surface area contributed by atoms with Crippen molar-refractivity contribution in [3.8, 4) is 23.0 Å². The molecule has 0 amide bonds. The van der Waals surface area contributed by atoms with E-state index in [9.17, 15) is 5.11 Å². The number of rotatable bonds is 5. The van der Waals surface area contributed by atoms with Crippen molar-refractivity contribution in [3.05, 3.63) is 45.9 Å². The van der Waals surface area contributed by atoms with Gasteiger partial charge >= 0.3 is 6.01 Å². The Labute approximate surface area is 275 Å². The van der Waals surface area contributed by atoms with E-state index in [1.54, 1.807) is 18.3 Å². The van der Waals surface area contributed by atoms with E-state index in [4.69, 9.17) is 14.7 Å². The molecule has 1 saturated carbocycles. The highest BCUT2D eigenvalue weighted by molar-refractivity contribution is 14.1. The monoisotopic (exact) mass is 720 g/mol. The number of phenols is 1. The van der Waals surface area contributed by atoms with Crippen molar-refractivity contribution in [3.63, 3.8) is 0 Å². The number of aromatic nitrogens is 3. The van der Waals surface area contributed by atoms with Gasteiger partial charge in [-0.05, 0) is 104 Å². The van der Waals surface area contributed by atoms with Crippen LogP contribution in [-0.4, -0.2) is 74.9 Å². The summed E-state index contributed by atoms with van der Waals surface area (Å²) in [7, 11) is 0. The van der Waals surface area contributed by atoms with Gasteiger partial charge in [-0.15, -0.1) is 0 Å². The summed E-state index contributed by atoms with van der Waals surface area (Å²) in [6.45, 7) is 3.29. The number of phenolic OH excluding ortho intramolecular Hbond substituents is 1. The van der Waals surface area contributed by atoms with Gasteiger partial charge in [0.15, 0.2) is 5.82 Å². The lowest BCUT2D eigenvalue weighted by Crippen LogP contribution is -2.51. The van der Waals surface area contributed by atoms with Crippen molar-refractivity contribution >= 4 is 50.1 Å². The topological polar surface area (TPSA) is 86.6 Å². The first-order chi connectivity index (χ1) is 22.0. The van der Waals surface area contributed by atoms with Crippen LogP contribution in [0.1, 0.15) is 57.8 Å². The zero-order chi connectivity index (χ0) is 30.3. The van der Waals surface area contributed by atoms with Gasteiger partial charge in [0, 0.05) is 51.9 Å². The molecule has 0 spiro atoms. The molecule has 5 unspecified atom stereocenters. The summed E-state index contributed by atoms with van der Waals surface area (Å²) >= 11 is 2.26. The Morgan fingerprint density at radius 1 is 1.07 bits per heavy atom. The minimum atomic E-state index is -0.516. The Morgan fingerprint density at radius 3 is 2.78 bits per heavy atom. The van der Waals surface area contributed by atoms with Crippen LogP contribution in [0.25, 0.3) is 32.9 Å². The lowest BCUT2D eigenvalue weighted by molar-refractivity contribution is 0.0777. The third kappa shape index (κ3) is 4.68. The molecule has 4 saturated heterocycles. The standard InChI is InChI=1S/C35H38FIN6O2/c36-30-31(25-14-24(44)13-20-6-3-7-27(37)29(20)25)38-16-26-32(30)40-34(41-33(26)42-17-22-9-10-23(18-42)39-22)45-19-35-11-4-12-43(35)28-8-2-1-5-21(28)15-35/h3,6-7,13-14,16,21-23,28,39,44H,1-2,4-5,8-12,15,17-19H2. The molecule has 2 bridgehead atoms. The van der Waals surface area contributed by atoms with Crippen LogP contribution in [0.5, 0.6) is 11.8 Å². The molecule has 234 valence electrons. The van der Waals surface area contributed by atoms with Crippen LogP contribution in [-0.2, 0) is 0 Å². The second-order valence-corrected chi connectivity index (χ2v) is 15.2. The highest BCUT2D eigenvalue weighted by Gasteiger charge is 2.54. The maximum Gasteiger partial charge on any atom is 0.319 e. The normalized spacial score (nSPS) is 29.4. The van der Waals surface area contributed by atoms with E-state index < -0.39 is 5.82 Å². The fourth-order valence-electron chi connectivity index (χ4n) is 9.47. The molecule has 2 aromatic heterocycles. The Hall–Kier alpha value is -2.83. The fourth-order valence-corrected chi connectivity index (χ4v) is 10.3. The summed E-state index contributed by atoms with van der Waals surface area (Å²) < 4.78 is 24.4. The lowest BCUT2D eigenvalue weighted by atomic mass is 9.82. The number of benzene rings is 2. The van der Waals surface area contributed by atoms with Gasteiger partial charge in [0.2, 0.25) is 0 Å². The van der Waals surface area contributed by atoms with Crippen LogP contribution in [0.3, 0.4) is 0 Å². The van der Waals surface area contributed by atoms with E-state index in [0.717, 1.165) is 59.2 Å². The van der Waals surface area contributed by atoms with Crippen molar-refractivity contribution < 1.29 is 14.2 Å². The number of ether oxygens (including phenoxy) is 1. The van der Waals surface area contributed by atoms with Crippen molar-refractivity contribution in [2.75, 3.05) is 31.1 Å². The number of hydrogen-bond acceptors (Lipinski definition) is 8. The van der Waals surface area contributed by atoms with Crippen LogP contribution < -0.4 is 15.0 Å². The molecule has 4 aliphatic heterocycles. The molecule has 5 atom stereocenters.